The SMILES string of the molecule is C[C@@H]1CC[C@H]2C(=O)N(c3ccc(C(=O)OCC(=O)Nc4ccccc4Cl)cc3)C(=O)[C@H]2C1. The van der Waals surface area contributed by atoms with Gasteiger partial charge in [-0.1, -0.05) is 30.7 Å². The summed E-state index contributed by atoms with van der Waals surface area (Å²) in [5.74, 6) is -1.62. The zero-order valence-corrected chi connectivity index (χ0v) is 18.3. The highest BCUT2D eigenvalue weighted by atomic mass is 35.5. The molecule has 1 saturated heterocycles. The van der Waals surface area contributed by atoms with Gasteiger partial charge in [-0.15, -0.1) is 0 Å². The molecule has 0 bridgehead atoms. The van der Waals surface area contributed by atoms with E-state index in [1.54, 1.807) is 36.4 Å². The summed E-state index contributed by atoms with van der Waals surface area (Å²) in [6.45, 7) is 1.63. The molecule has 0 unspecified atom stereocenters. The molecule has 2 aromatic rings. The van der Waals surface area contributed by atoms with Gasteiger partial charge in [0, 0.05) is 0 Å². The van der Waals surface area contributed by atoms with Gasteiger partial charge in [-0.2, -0.15) is 0 Å². The van der Waals surface area contributed by atoms with Crippen molar-refractivity contribution in [3.63, 3.8) is 0 Å². The van der Waals surface area contributed by atoms with Gasteiger partial charge < -0.3 is 10.1 Å². The zero-order chi connectivity index (χ0) is 22.8. The quantitative estimate of drug-likeness (QED) is 0.543. The lowest BCUT2D eigenvalue weighted by molar-refractivity contribution is -0.122. The van der Waals surface area contributed by atoms with E-state index in [4.69, 9.17) is 16.3 Å². The first-order valence-electron chi connectivity index (χ1n) is 10.5. The van der Waals surface area contributed by atoms with Crippen LogP contribution in [-0.4, -0.2) is 30.3 Å². The molecule has 2 fully saturated rings. The minimum atomic E-state index is -0.688. The predicted octanol–water partition coefficient (Wildman–Crippen LogP) is 4.06. The number of benzene rings is 2. The number of fused-ring (bicyclic) bond motifs is 1. The minimum absolute atomic E-state index is 0.168. The molecule has 3 amide bonds. The molecule has 166 valence electrons. The van der Waals surface area contributed by atoms with Gasteiger partial charge in [0.1, 0.15) is 0 Å². The number of rotatable bonds is 5. The van der Waals surface area contributed by atoms with Crippen LogP contribution in [0.2, 0.25) is 5.02 Å². The lowest BCUT2D eigenvalue weighted by atomic mass is 9.76. The highest BCUT2D eigenvalue weighted by Gasteiger charge is 2.49. The van der Waals surface area contributed by atoms with Crippen molar-refractivity contribution < 1.29 is 23.9 Å². The maximum atomic E-state index is 12.8. The Hall–Kier alpha value is -3.19. The summed E-state index contributed by atoms with van der Waals surface area (Å²) < 4.78 is 5.06. The summed E-state index contributed by atoms with van der Waals surface area (Å²) in [5.41, 5.74) is 1.08. The van der Waals surface area contributed by atoms with E-state index in [9.17, 15) is 19.2 Å². The normalized spacial score (nSPS) is 22.4. The standard InChI is InChI=1S/C24H23ClN2O5/c1-14-6-11-17-18(12-14)23(30)27(22(17)29)16-9-7-15(8-10-16)24(31)32-13-21(28)26-20-5-3-2-4-19(20)25/h2-5,7-10,14,17-18H,6,11-13H2,1H3,(H,26,28)/t14-,17-,18+/m1/s1. The highest BCUT2D eigenvalue weighted by molar-refractivity contribution is 6.33. The number of hydrogen-bond donors (Lipinski definition) is 1. The molecule has 0 radical (unpaired) electrons. The van der Waals surface area contributed by atoms with Crippen molar-refractivity contribution in [3.05, 3.63) is 59.1 Å². The number of halogens is 1. The van der Waals surface area contributed by atoms with Gasteiger partial charge in [0.05, 0.1) is 33.8 Å². The largest absolute Gasteiger partial charge is 0.452 e. The number of ether oxygens (including phenoxy) is 1. The van der Waals surface area contributed by atoms with E-state index in [0.29, 0.717) is 22.3 Å². The molecule has 1 saturated carbocycles. The van der Waals surface area contributed by atoms with E-state index >= 15 is 0 Å². The second kappa shape index (κ2) is 9.12. The van der Waals surface area contributed by atoms with Crippen LogP contribution < -0.4 is 10.2 Å². The molecule has 1 N–H and O–H groups in total. The number of esters is 1. The molecule has 0 spiro atoms. The molecule has 32 heavy (non-hydrogen) atoms. The second-order valence-corrected chi connectivity index (χ2v) is 8.70. The van der Waals surface area contributed by atoms with Gasteiger partial charge in [0.2, 0.25) is 11.8 Å². The first-order valence-corrected chi connectivity index (χ1v) is 10.9. The summed E-state index contributed by atoms with van der Waals surface area (Å²) in [4.78, 5) is 51.2. The van der Waals surface area contributed by atoms with E-state index in [-0.39, 0.29) is 29.2 Å². The Balaban J connectivity index is 1.37. The lowest BCUT2D eigenvalue weighted by Crippen LogP contribution is -2.30. The molecule has 7 nitrogen and oxygen atoms in total. The Morgan fingerprint density at radius 3 is 2.44 bits per heavy atom. The molecule has 2 aliphatic rings. The topological polar surface area (TPSA) is 92.8 Å². The monoisotopic (exact) mass is 454 g/mol. The number of nitrogens with one attached hydrogen (secondary N) is 1. The van der Waals surface area contributed by atoms with E-state index in [2.05, 4.69) is 12.2 Å². The fourth-order valence-electron chi connectivity index (χ4n) is 4.35. The van der Waals surface area contributed by atoms with Crippen LogP contribution in [0.5, 0.6) is 0 Å². The van der Waals surface area contributed by atoms with Crippen LogP contribution in [-0.2, 0) is 19.1 Å². The van der Waals surface area contributed by atoms with Gasteiger partial charge in [-0.25, -0.2) is 4.79 Å². The minimum Gasteiger partial charge on any atom is -0.452 e. The van der Waals surface area contributed by atoms with Gasteiger partial charge in [0.15, 0.2) is 6.61 Å². The Labute approximate surface area is 190 Å². The smallest absolute Gasteiger partial charge is 0.338 e. The summed E-state index contributed by atoms with van der Waals surface area (Å²) in [5, 5.41) is 2.95. The van der Waals surface area contributed by atoms with E-state index in [1.807, 2.05) is 0 Å². The predicted molar refractivity (Wildman–Crippen MR) is 119 cm³/mol. The Kier molecular flexibility index (Phi) is 6.28. The van der Waals surface area contributed by atoms with E-state index < -0.39 is 18.5 Å². The van der Waals surface area contributed by atoms with Crippen LogP contribution in [0.3, 0.4) is 0 Å². The Morgan fingerprint density at radius 1 is 1.03 bits per heavy atom. The lowest BCUT2D eigenvalue weighted by Gasteiger charge is -2.25. The molecule has 2 aromatic carbocycles. The third-order valence-corrected chi connectivity index (χ3v) is 6.36. The summed E-state index contributed by atoms with van der Waals surface area (Å²) >= 11 is 5.99. The van der Waals surface area contributed by atoms with E-state index in [1.165, 1.54) is 17.0 Å². The number of carbonyl (C=O) groups excluding carboxylic acids is 4. The Bertz CT molecular complexity index is 1070. The van der Waals surface area contributed by atoms with Crippen molar-refractivity contribution in [2.45, 2.75) is 26.2 Å². The van der Waals surface area contributed by atoms with Gasteiger partial charge >= 0.3 is 5.97 Å². The molecule has 4 rings (SSSR count). The third kappa shape index (κ3) is 4.39. The molecule has 1 aliphatic carbocycles. The van der Waals surface area contributed by atoms with Crippen LogP contribution >= 0.6 is 11.6 Å². The first-order chi connectivity index (χ1) is 15.3. The zero-order valence-electron chi connectivity index (χ0n) is 17.5. The summed E-state index contributed by atoms with van der Waals surface area (Å²) in [6, 6.07) is 12.8. The fourth-order valence-corrected chi connectivity index (χ4v) is 4.54. The van der Waals surface area contributed by atoms with Crippen LogP contribution in [0, 0.1) is 17.8 Å². The number of para-hydroxylation sites is 1. The molecule has 0 aromatic heterocycles. The molecule has 1 heterocycles. The Morgan fingerprint density at radius 2 is 1.72 bits per heavy atom. The van der Waals surface area contributed by atoms with Crippen molar-refractivity contribution >= 4 is 46.7 Å². The number of anilines is 2. The average Bonchev–Trinajstić information content (AvgIpc) is 3.03. The number of hydrogen-bond acceptors (Lipinski definition) is 5. The maximum Gasteiger partial charge on any atom is 0.338 e. The van der Waals surface area contributed by atoms with Crippen LogP contribution in [0.25, 0.3) is 0 Å². The van der Waals surface area contributed by atoms with Crippen LogP contribution in [0.1, 0.15) is 36.5 Å². The second-order valence-electron chi connectivity index (χ2n) is 8.29. The molecule has 8 heteroatoms. The number of amides is 3. The summed E-state index contributed by atoms with van der Waals surface area (Å²) in [6.07, 6.45) is 2.41. The van der Waals surface area contributed by atoms with Gasteiger partial charge in [-0.3, -0.25) is 19.3 Å². The average molecular weight is 455 g/mol. The molecular formula is C24H23ClN2O5. The van der Waals surface area contributed by atoms with Crippen molar-refractivity contribution in [2.75, 3.05) is 16.8 Å². The number of carbonyl (C=O) groups is 4. The van der Waals surface area contributed by atoms with Gasteiger partial charge in [0.25, 0.3) is 5.91 Å². The molecule has 1 aliphatic heterocycles. The fraction of sp³-hybridized carbons (Fsp3) is 0.333. The van der Waals surface area contributed by atoms with Crippen LogP contribution in [0.4, 0.5) is 11.4 Å². The van der Waals surface area contributed by atoms with Gasteiger partial charge in [-0.05, 0) is 61.6 Å². The molecule has 3 atom stereocenters. The third-order valence-electron chi connectivity index (χ3n) is 6.03. The van der Waals surface area contributed by atoms with Crippen LogP contribution in [0.15, 0.2) is 48.5 Å². The van der Waals surface area contributed by atoms with Crippen molar-refractivity contribution in [3.8, 4) is 0 Å². The summed E-state index contributed by atoms with van der Waals surface area (Å²) in [7, 11) is 0. The maximum absolute atomic E-state index is 12.8. The van der Waals surface area contributed by atoms with Crippen molar-refractivity contribution in [1.29, 1.82) is 0 Å². The number of nitrogens with zero attached hydrogens (tertiary/aromatic N) is 1. The van der Waals surface area contributed by atoms with Crippen molar-refractivity contribution in [2.24, 2.45) is 17.8 Å². The van der Waals surface area contributed by atoms with E-state index in [0.717, 1.165) is 19.3 Å². The highest BCUT2D eigenvalue weighted by Crippen LogP contribution is 2.42. The number of imide groups is 1. The van der Waals surface area contributed by atoms with Crippen molar-refractivity contribution in [1.82, 2.24) is 0 Å². The first kappa shape index (κ1) is 22.0. The molecular weight excluding hydrogens is 432 g/mol.